The van der Waals surface area contributed by atoms with Crippen molar-refractivity contribution >= 4 is 17.4 Å². The average molecular weight is 261 g/mol. The highest BCUT2D eigenvalue weighted by Crippen LogP contribution is 2.23. The summed E-state index contributed by atoms with van der Waals surface area (Å²) in [5, 5.41) is 16.9. The molecule has 2 aromatic rings. The van der Waals surface area contributed by atoms with Crippen LogP contribution >= 0.6 is 11.6 Å². The van der Waals surface area contributed by atoms with Gasteiger partial charge >= 0.3 is 0 Å². The topological polar surface area (TPSA) is 71.6 Å². The van der Waals surface area contributed by atoms with Crippen molar-refractivity contribution in [2.75, 3.05) is 0 Å². The molecule has 0 aliphatic rings. The number of ketones is 1. The largest absolute Gasteiger partial charge is 0.293 e. The fourth-order valence-corrected chi connectivity index (χ4v) is 1.89. The number of benzene rings is 1. The first-order valence-electron chi connectivity index (χ1n) is 5.18. The van der Waals surface area contributed by atoms with Gasteiger partial charge in [0, 0.05) is 6.92 Å². The lowest BCUT2D eigenvalue weighted by atomic mass is 10.2. The summed E-state index contributed by atoms with van der Waals surface area (Å²) in [7, 11) is 0. The lowest BCUT2D eigenvalue weighted by molar-refractivity contribution is 0.101. The van der Waals surface area contributed by atoms with Crippen molar-refractivity contribution in [3.05, 3.63) is 40.2 Å². The van der Waals surface area contributed by atoms with E-state index in [1.165, 1.54) is 11.6 Å². The highest BCUT2D eigenvalue weighted by Gasteiger charge is 2.15. The maximum atomic E-state index is 11.3. The molecule has 0 saturated carbocycles. The minimum atomic E-state index is -0.150. The standard InChI is InChI=1S/C12H9ClN4O/c1-7-12(8(2)18)15-16-17(7)11-4-3-9(6-14)5-10(11)13/h3-5H,1-2H3. The minimum Gasteiger partial charge on any atom is -0.293 e. The maximum Gasteiger partial charge on any atom is 0.181 e. The SMILES string of the molecule is CC(=O)c1nnn(-c2ccc(C#N)cc2Cl)c1C. The Hall–Kier alpha value is -2.19. The van der Waals surface area contributed by atoms with Crippen LogP contribution in [0.4, 0.5) is 0 Å². The van der Waals surface area contributed by atoms with Crippen LogP contribution in [0.15, 0.2) is 18.2 Å². The van der Waals surface area contributed by atoms with E-state index in [1.807, 2.05) is 6.07 Å². The van der Waals surface area contributed by atoms with E-state index in [4.69, 9.17) is 16.9 Å². The number of Topliss-reactive ketones (excluding diaryl/α,β-unsaturated/α-hetero) is 1. The zero-order valence-corrected chi connectivity index (χ0v) is 10.6. The average Bonchev–Trinajstić information content (AvgIpc) is 2.71. The molecule has 90 valence electrons. The van der Waals surface area contributed by atoms with Crippen LogP contribution in [0, 0.1) is 18.3 Å². The highest BCUT2D eigenvalue weighted by atomic mass is 35.5. The second-order valence-corrected chi connectivity index (χ2v) is 4.18. The Morgan fingerprint density at radius 1 is 1.50 bits per heavy atom. The van der Waals surface area contributed by atoms with Crippen molar-refractivity contribution < 1.29 is 4.79 Å². The number of aromatic nitrogens is 3. The molecule has 0 saturated heterocycles. The molecule has 0 N–H and O–H groups in total. The van der Waals surface area contributed by atoms with Gasteiger partial charge in [-0.15, -0.1) is 5.10 Å². The van der Waals surface area contributed by atoms with Crippen LogP contribution in [-0.2, 0) is 0 Å². The normalized spacial score (nSPS) is 10.1. The monoisotopic (exact) mass is 260 g/mol. The molecule has 0 amide bonds. The summed E-state index contributed by atoms with van der Waals surface area (Å²) in [6.45, 7) is 3.17. The van der Waals surface area contributed by atoms with Gasteiger partial charge in [-0.1, -0.05) is 16.8 Å². The van der Waals surface area contributed by atoms with Gasteiger partial charge in [0.2, 0.25) is 0 Å². The van der Waals surface area contributed by atoms with E-state index in [2.05, 4.69) is 10.3 Å². The second-order valence-electron chi connectivity index (χ2n) is 3.77. The molecule has 0 spiro atoms. The minimum absolute atomic E-state index is 0.150. The van der Waals surface area contributed by atoms with Gasteiger partial charge in [0.25, 0.3) is 0 Å². The molecular weight excluding hydrogens is 252 g/mol. The number of rotatable bonds is 2. The van der Waals surface area contributed by atoms with E-state index < -0.39 is 0 Å². The number of hydrogen-bond acceptors (Lipinski definition) is 4. The Morgan fingerprint density at radius 3 is 2.72 bits per heavy atom. The van der Waals surface area contributed by atoms with E-state index in [0.717, 1.165) is 0 Å². The molecule has 0 aliphatic heterocycles. The number of carbonyl (C=O) groups is 1. The lowest BCUT2D eigenvalue weighted by Gasteiger charge is -2.05. The summed E-state index contributed by atoms with van der Waals surface area (Å²) in [5.74, 6) is -0.150. The van der Waals surface area contributed by atoms with Gasteiger partial charge in [-0.2, -0.15) is 5.26 Å². The summed E-state index contributed by atoms with van der Waals surface area (Å²) >= 11 is 6.08. The van der Waals surface area contributed by atoms with E-state index in [0.29, 0.717) is 27.7 Å². The Labute approximate surface area is 109 Å². The van der Waals surface area contributed by atoms with Crippen LogP contribution in [0.5, 0.6) is 0 Å². The predicted octanol–water partition coefficient (Wildman–Crippen LogP) is 2.30. The predicted molar refractivity (Wildman–Crippen MR) is 65.8 cm³/mol. The molecule has 0 unspecified atom stereocenters. The van der Waals surface area contributed by atoms with Crippen molar-refractivity contribution in [1.29, 1.82) is 5.26 Å². The highest BCUT2D eigenvalue weighted by molar-refractivity contribution is 6.32. The van der Waals surface area contributed by atoms with E-state index >= 15 is 0 Å². The Kier molecular flexibility index (Phi) is 3.13. The van der Waals surface area contributed by atoms with Crippen LogP contribution in [0.25, 0.3) is 5.69 Å². The first-order valence-corrected chi connectivity index (χ1v) is 5.55. The molecule has 1 aromatic heterocycles. The zero-order chi connectivity index (χ0) is 13.3. The lowest BCUT2D eigenvalue weighted by Crippen LogP contribution is -2.02. The van der Waals surface area contributed by atoms with Crippen LogP contribution in [0.2, 0.25) is 5.02 Å². The van der Waals surface area contributed by atoms with Gasteiger partial charge in [0.05, 0.1) is 28.0 Å². The zero-order valence-electron chi connectivity index (χ0n) is 9.81. The first-order chi connectivity index (χ1) is 8.54. The molecule has 0 fully saturated rings. The third-order valence-corrected chi connectivity index (χ3v) is 2.84. The van der Waals surface area contributed by atoms with Gasteiger partial charge in [-0.3, -0.25) is 4.79 Å². The molecule has 0 aliphatic carbocycles. The van der Waals surface area contributed by atoms with Gasteiger partial charge in [-0.25, -0.2) is 4.68 Å². The molecule has 18 heavy (non-hydrogen) atoms. The van der Waals surface area contributed by atoms with Gasteiger partial charge < -0.3 is 0 Å². The van der Waals surface area contributed by atoms with Gasteiger partial charge in [0.1, 0.15) is 0 Å². The van der Waals surface area contributed by atoms with E-state index in [9.17, 15) is 4.79 Å². The summed E-state index contributed by atoms with van der Waals surface area (Å²) in [5.41, 5.74) is 1.99. The van der Waals surface area contributed by atoms with E-state index in [-0.39, 0.29) is 5.78 Å². The fourth-order valence-electron chi connectivity index (χ4n) is 1.63. The van der Waals surface area contributed by atoms with Crippen LogP contribution in [-0.4, -0.2) is 20.8 Å². The quantitative estimate of drug-likeness (QED) is 0.777. The molecule has 0 radical (unpaired) electrons. The van der Waals surface area contributed by atoms with Crippen molar-refractivity contribution in [3.8, 4) is 11.8 Å². The summed E-state index contributed by atoms with van der Waals surface area (Å²) in [6.07, 6.45) is 0. The number of nitriles is 1. The molecule has 0 atom stereocenters. The maximum absolute atomic E-state index is 11.3. The van der Waals surface area contributed by atoms with Crippen LogP contribution < -0.4 is 0 Å². The van der Waals surface area contributed by atoms with Crippen molar-refractivity contribution in [3.63, 3.8) is 0 Å². The summed E-state index contributed by atoms with van der Waals surface area (Å²) in [4.78, 5) is 11.3. The summed E-state index contributed by atoms with van der Waals surface area (Å²) < 4.78 is 1.49. The van der Waals surface area contributed by atoms with Crippen LogP contribution in [0.1, 0.15) is 28.7 Å². The molecule has 2 rings (SSSR count). The smallest absolute Gasteiger partial charge is 0.181 e. The van der Waals surface area contributed by atoms with Gasteiger partial charge in [-0.05, 0) is 25.1 Å². The van der Waals surface area contributed by atoms with Crippen LogP contribution in [0.3, 0.4) is 0 Å². The second kappa shape index (κ2) is 4.59. The number of carbonyl (C=O) groups excluding carboxylic acids is 1. The third-order valence-electron chi connectivity index (χ3n) is 2.53. The van der Waals surface area contributed by atoms with Gasteiger partial charge in [0.15, 0.2) is 11.5 Å². The molecule has 0 bridgehead atoms. The van der Waals surface area contributed by atoms with Crippen molar-refractivity contribution in [1.82, 2.24) is 15.0 Å². The van der Waals surface area contributed by atoms with Crippen molar-refractivity contribution in [2.24, 2.45) is 0 Å². The Balaban J connectivity index is 2.57. The number of nitrogens with zero attached hydrogens (tertiary/aromatic N) is 4. The summed E-state index contributed by atoms with van der Waals surface area (Å²) in [6, 6.07) is 6.86. The Morgan fingerprint density at radius 2 is 2.22 bits per heavy atom. The number of hydrogen-bond donors (Lipinski definition) is 0. The first kappa shape index (κ1) is 12.3. The molecule has 5 nitrogen and oxygen atoms in total. The molecule has 1 aromatic carbocycles. The number of halogens is 1. The fraction of sp³-hybridized carbons (Fsp3) is 0.167. The Bertz CT molecular complexity index is 669. The molecule has 1 heterocycles. The van der Waals surface area contributed by atoms with Crippen molar-refractivity contribution in [2.45, 2.75) is 13.8 Å². The third kappa shape index (κ3) is 1.98. The van der Waals surface area contributed by atoms with E-state index in [1.54, 1.807) is 25.1 Å². The molecular formula is C12H9ClN4O. The molecule has 6 heteroatoms.